The van der Waals surface area contributed by atoms with Crippen LogP contribution in [0.3, 0.4) is 0 Å². The molecule has 1 amide bonds. The molecule has 2 aliphatic heterocycles. The van der Waals surface area contributed by atoms with E-state index in [0.29, 0.717) is 18.2 Å². The number of pyridine rings is 1. The second-order valence-electron chi connectivity index (χ2n) is 7.14. The molecule has 0 unspecified atom stereocenters. The highest BCUT2D eigenvalue weighted by molar-refractivity contribution is 6.30. The molecule has 2 saturated heterocycles. The van der Waals surface area contributed by atoms with Crippen LogP contribution in [-0.2, 0) is 4.74 Å². The average molecular weight is 372 g/mol. The SMILES string of the molecule is Cc1cncc(C(=O)N[C@@H]2C[C@H]3CO[C@@H](c4ccc(Cl)cc4)CN3C2)c1. The Morgan fingerprint density at radius 3 is 2.85 bits per heavy atom. The van der Waals surface area contributed by atoms with Gasteiger partial charge in [-0.15, -0.1) is 0 Å². The molecule has 0 radical (unpaired) electrons. The first-order valence-electron chi connectivity index (χ1n) is 8.92. The van der Waals surface area contributed by atoms with Gasteiger partial charge in [0.1, 0.15) is 0 Å². The molecule has 0 bridgehead atoms. The highest BCUT2D eigenvalue weighted by atomic mass is 35.5. The quantitative estimate of drug-likeness (QED) is 0.901. The van der Waals surface area contributed by atoms with Gasteiger partial charge in [0.15, 0.2) is 0 Å². The van der Waals surface area contributed by atoms with E-state index in [1.165, 1.54) is 0 Å². The Kier molecular flexibility index (Phi) is 4.94. The number of nitrogens with one attached hydrogen (secondary N) is 1. The van der Waals surface area contributed by atoms with Crippen LogP contribution in [0.1, 0.15) is 34.0 Å². The van der Waals surface area contributed by atoms with Crippen LogP contribution in [0.2, 0.25) is 5.02 Å². The number of aromatic nitrogens is 1. The lowest BCUT2D eigenvalue weighted by Gasteiger charge is -2.35. The van der Waals surface area contributed by atoms with E-state index >= 15 is 0 Å². The van der Waals surface area contributed by atoms with Crippen LogP contribution >= 0.6 is 11.6 Å². The van der Waals surface area contributed by atoms with E-state index in [1.54, 1.807) is 12.4 Å². The number of hydrogen-bond acceptors (Lipinski definition) is 4. The van der Waals surface area contributed by atoms with Crippen LogP contribution < -0.4 is 5.32 Å². The lowest BCUT2D eigenvalue weighted by molar-refractivity contribution is -0.0502. The maximum absolute atomic E-state index is 12.5. The Hall–Kier alpha value is -1.95. The molecular formula is C20H22ClN3O2. The molecule has 1 N–H and O–H groups in total. The number of ether oxygens (including phenoxy) is 1. The summed E-state index contributed by atoms with van der Waals surface area (Å²) in [5, 5.41) is 3.88. The second kappa shape index (κ2) is 7.35. The third-order valence-electron chi connectivity index (χ3n) is 5.13. The minimum Gasteiger partial charge on any atom is -0.371 e. The summed E-state index contributed by atoms with van der Waals surface area (Å²) in [6, 6.07) is 10.2. The topological polar surface area (TPSA) is 54.5 Å². The van der Waals surface area contributed by atoms with Crippen molar-refractivity contribution in [2.45, 2.75) is 31.5 Å². The van der Waals surface area contributed by atoms with Gasteiger partial charge >= 0.3 is 0 Å². The molecule has 4 rings (SSSR count). The van der Waals surface area contributed by atoms with Crippen molar-refractivity contribution in [3.8, 4) is 0 Å². The van der Waals surface area contributed by atoms with Crippen molar-refractivity contribution in [1.29, 1.82) is 0 Å². The zero-order chi connectivity index (χ0) is 18.1. The van der Waals surface area contributed by atoms with E-state index in [0.717, 1.165) is 35.7 Å². The third kappa shape index (κ3) is 3.75. The molecule has 0 saturated carbocycles. The number of benzene rings is 1. The molecule has 0 aliphatic carbocycles. The largest absolute Gasteiger partial charge is 0.371 e. The number of aryl methyl sites for hydroxylation is 1. The first kappa shape index (κ1) is 17.5. The van der Waals surface area contributed by atoms with Gasteiger partial charge in [-0.3, -0.25) is 14.7 Å². The number of rotatable bonds is 3. The first-order valence-corrected chi connectivity index (χ1v) is 9.30. The molecule has 3 heterocycles. The number of morpholine rings is 1. The van der Waals surface area contributed by atoms with Gasteiger partial charge in [-0.2, -0.15) is 0 Å². The molecule has 0 spiro atoms. The summed E-state index contributed by atoms with van der Waals surface area (Å²) in [5.74, 6) is -0.0544. The fourth-order valence-electron chi connectivity index (χ4n) is 3.81. The van der Waals surface area contributed by atoms with Crippen LogP contribution in [0.5, 0.6) is 0 Å². The summed E-state index contributed by atoms with van der Waals surface area (Å²) in [4.78, 5) is 19.0. The van der Waals surface area contributed by atoms with Gasteiger partial charge in [0, 0.05) is 42.6 Å². The third-order valence-corrected chi connectivity index (χ3v) is 5.38. The van der Waals surface area contributed by atoms with E-state index in [2.05, 4.69) is 15.2 Å². The predicted molar refractivity (Wildman–Crippen MR) is 100 cm³/mol. The Morgan fingerprint density at radius 1 is 1.27 bits per heavy atom. The number of nitrogens with zero attached hydrogens (tertiary/aromatic N) is 2. The standard InChI is InChI=1S/C20H22ClN3O2/c1-13-6-15(9-22-8-13)20(25)23-17-7-18-12-26-19(11-24(18)10-17)14-2-4-16(21)5-3-14/h2-6,8-9,17-19H,7,10-12H2,1H3,(H,23,25)/t17-,18+,19-/m1/s1. The minimum atomic E-state index is -0.0544. The van der Waals surface area contributed by atoms with Crippen LogP contribution in [0, 0.1) is 6.92 Å². The lowest BCUT2D eigenvalue weighted by Crippen LogP contribution is -2.43. The second-order valence-corrected chi connectivity index (χ2v) is 7.57. The predicted octanol–water partition coefficient (Wildman–Crippen LogP) is 2.99. The molecule has 136 valence electrons. The number of amides is 1. The van der Waals surface area contributed by atoms with E-state index in [9.17, 15) is 4.79 Å². The molecule has 26 heavy (non-hydrogen) atoms. The summed E-state index contributed by atoms with van der Waals surface area (Å²) in [6.45, 7) is 4.31. The molecule has 5 nitrogen and oxygen atoms in total. The maximum atomic E-state index is 12.5. The van der Waals surface area contributed by atoms with Crippen LogP contribution in [0.4, 0.5) is 0 Å². The molecule has 1 aromatic heterocycles. The van der Waals surface area contributed by atoms with Crippen molar-refractivity contribution in [3.05, 3.63) is 64.4 Å². The maximum Gasteiger partial charge on any atom is 0.253 e. The van der Waals surface area contributed by atoms with Gasteiger partial charge in [-0.1, -0.05) is 23.7 Å². The summed E-state index contributed by atoms with van der Waals surface area (Å²) in [5.41, 5.74) is 2.75. The van der Waals surface area contributed by atoms with Gasteiger partial charge in [0.25, 0.3) is 5.91 Å². The van der Waals surface area contributed by atoms with Gasteiger partial charge < -0.3 is 10.1 Å². The number of halogens is 1. The van der Waals surface area contributed by atoms with Crippen LogP contribution in [0.25, 0.3) is 0 Å². The van der Waals surface area contributed by atoms with Crippen molar-refractivity contribution in [2.75, 3.05) is 19.7 Å². The summed E-state index contributed by atoms with van der Waals surface area (Å²) >= 11 is 5.97. The summed E-state index contributed by atoms with van der Waals surface area (Å²) in [6.07, 6.45) is 4.34. The minimum absolute atomic E-state index is 0.0544. The molecule has 1 aromatic carbocycles. The molecule has 2 aromatic rings. The van der Waals surface area contributed by atoms with E-state index < -0.39 is 0 Å². The van der Waals surface area contributed by atoms with E-state index in [4.69, 9.17) is 16.3 Å². The fourth-order valence-corrected chi connectivity index (χ4v) is 3.93. The van der Waals surface area contributed by atoms with Crippen LogP contribution in [-0.4, -0.2) is 47.6 Å². The molecule has 2 aliphatic rings. The Bertz CT molecular complexity index is 796. The van der Waals surface area contributed by atoms with Crippen molar-refractivity contribution >= 4 is 17.5 Å². The highest BCUT2D eigenvalue weighted by Gasteiger charge is 2.38. The number of carbonyl (C=O) groups excluding carboxylic acids is 1. The molecule has 2 fully saturated rings. The molecule has 3 atom stereocenters. The van der Waals surface area contributed by atoms with Gasteiger partial charge in [0.05, 0.1) is 18.3 Å². The van der Waals surface area contributed by atoms with Crippen molar-refractivity contribution in [2.24, 2.45) is 0 Å². The summed E-state index contributed by atoms with van der Waals surface area (Å²) < 4.78 is 6.06. The van der Waals surface area contributed by atoms with Crippen molar-refractivity contribution < 1.29 is 9.53 Å². The van der Waals surface area contributed by atoms with Crippen LogP contribution in [0.15, 0.2) is 42.7 Å². The monoisotopic (exact) mass is 371 g/mol. The number of hydrogen-bond donors (Lipinski definition) is 1. The van der Waals surface area contributed by atoms with E-state index in [-0.39, 0.29) is 18.1 Å². The van der Waals surface area contributed by atoms with Gasteiger partial charge in [-0.05, 0) is 42.7 Å². The Morgan fingerprint density at radius 2 is 2.08 bits per heavy atom. The number of carbonyl (C=O) groups is 1. The van der Waals surface area contributed by atoms with Crippen molar-refractivity contribution in [1.82, 2.24) is 15.2 Å². The Labute approximate surface area is 158 Å². The molecular weight excluding hydrogens is 350 g/mol. The van der Waals surface area contributed by atoms with Gasteiger partial charge in [-0.25, -0.2) is 0 Å². The first-order chi connectivity index (χ1) is 12.6. The summed E-state index contributed by atoms with van der Waals surface area (Å²) in [7, 11) is 0. The highest BCUT2D eigenvalue weighted by Crippen LogP contribution is 2.30. The normalized spacial score (nSPS) is 25.7. The lowest BCUT2D eigenvalue weighted by atomic mass is 10.1. The zero-order valence-corrected chi connectivity index (χ0v) is 15.4. The number of fused-ring (bicyclic) bond motifs is 1. The smallest absolute Gasteiger partial charge is 0.253 e. The van der Waals surface area contributed by atoms with Crippen molar-refractivity contribution in [3.63, 3.8) is 0 Å². The van der Waals surface area contributed by atoms with Gasteiger partial charge in [0.2, 0.25) is 0 Å². The molecule has 6 heteroatoms. The Balaban J connectivity index is 1.37. The zero-order valence-electron chi connectivity index (χ0n) is 14.7. The fraction of sp³-hybridized carbons (Fsp3) is 0.400. The average Bonchev–Trinajstić information content (AvgIpc) is 3.03. The van der Waals surface area contributed by atoms with E-state index in [1.807, 2.05) is 37.3 Å².